The molecule has 1 aliphatic rings. The van der Waals surface area contributed by atoms with Gasteiger partial charge in [0.2, 0.25) is 0 Å². The normalized spacial score (nSPS) is 13.6. The molecule has 3 rings (SSSR count). The second-order valence-corrected chi connectivity index (χ2v) is 6.04. The van der Waals surface area contributed by atoms with E-state index in [1.807, 2.05) is 11.3 Å². The van der Waals surface area contributed by atoms with Crippen LogP contribution in [0.5, 0.6) is 0 Å². The summed E-state index contributed by atoms with van der Waals surface area (Å²) in [6.45, 7) is 6.50. The van der Waals surface area contributed by atoms with Crippen LogP contribution < -0.4 is 5.32 Å². The summed E-state index contributed by atoms with van der Waals surface area (Å²) in [7, 11) is 0. The lowest BCUT2D eigenvalue weighted by molar-refractivity contribution is 0.274. The minimum Gasteiger partial charge on any atom is -0.384 e. The van der Waals surface area contributed by atoms with Crippen molar-refractivity contribution in [3.8, 4) is 0 Å². The van der Waals surface area contributed by atoms with Crippen LogP contribution in [-0.2, 0) is 19.5 Å². The van der Waals surface area contributed by atoms with Crippen molar-refractivity contribution in [2.24, 2.45) is 0 Å². The van der Waals surface area contributed by atoms with Gasteiger partial charge in [0.1, 0.15) is 0 Å². The lowest BCUT2D eigenvalue weighted by Gasteiger charge is -2.21. The first-order valence-electron chi connectivity index (χ1n) is 6.96. The van der Waals surface area contributed by atoms with Gasteiger partial charge < -0.3 is 5.32 Å². The van der Waals surface area contributed by atoms with E-state index in [1.54, 1.807) is 0 Å². The summed E-state index contributed by atoms with van der Waals surface area (Å²) in [6.07, 6.45) is 1.17. The topological polar surface area (TPSA) is 15.3 Å². The Morgan fingerprint density at radius 3 is 2.95 bits per heavy atom. The molecule has 3 heteroatoms. The first-order chi connectivity index (χ1) is 9.36. The van der Waals surface area contributed by atoms with Crippen LogP contribution >= 0.6 is 11.3 Å². The van der Waals surface area contributed by atoms with E-state index < -0.39 is 0 Å². The van der Waals surface area contributed by atoms with Gasteiger partial charge in [0.15, 0.2) is 0 Å². The number of anilines is 1. The maximum Gasteiger partial charge on any atom is 0.0419 e. The van der Waals surface area contributed by atoms with Crippen molar-refractivity contribution in [2.45, 2.75) is 26.4 Å². The average Bonchev–Trinajstić information content (AvgIpc) is 3.08. The van der Waals surface area contributed by atoms with Crippen LogP contribution in [-0.4, -0.2) is 18.0 Å². The molecule has 1 aromatic heterocycles. The summed E-state index contributed by atoms with van der Waals surface area (Å²) >= 11 is 1.85. The third-order valence-corrected chi connectivity index (χ3v) is 4.60. The Balaban J connectivity index is 1.74. The molecule has 2 aromatic rings. The van der Waals surface area contributed by atoms with Gasteiger partial charge >= 0.3 is 0 Å². The Bertz CT molecular complexity index is 534. The zero-order valence-electron chi connectivity index (χ0n) is 11.4. The quantitative estimate of drug-likeness (QED) is 0.892. The molecule has 0 spiro atoms. The van der Waals surface area contributed by atoms with Crippen LogP contribution in [0.15, 0.2) is 35.7 Å². The lowest BCUT2D eigenvalue weighted by atomic mass is 10.1. The Hall–Kier alpha value is -1.32. The molecule has 0 fully saturated rings. The highest BCUT2D eigenvalue weighted by molar-refractivity contribution is 7.09. The molecular formula is C16H20N2S. The van der Waals surface area contributed by atoms with Crippen LogP contribution in [0.2, 0.25) is 0 Å². The van der Waals surface area contributed by atoms with Gasteiger partial charge in [-0.2, -0.15) is 0 Å². The highest BCUT2D eigenvalue weighted by Crippen LogP contribution is 2.27. The zero-order valence-corrected chi connectivity index (χ0v) is 12.2. The Labute approximate surface area is 119 Å². The van der Waals surface area contributed by atoms with Gasteiger partial charge in [-0.3, -0.25) is 4.90 Å². The van der Waals surface area contributed by atoms with Crippen molar-refractivity contribution in [3.05, 3.63) is 51.7 Å². The van der Waals surface area contributed by atoms with Crippen molar-refractivity contribution in [3.63, 3.8) is 0 Å². The number of hydrogen-bond donors (Lipinski definition) is 1. The summed E-state index contributed by atoms with van der Waals surface area (Å²) in [5, 5.41) is 5.69. The van der Waals surface area contributed by atoms with E-state index in [1.165, 1.54) is 28.1 Å². The van der Waals surface area contributed by atoms with Crippen molar-refractivity contribution < 1.29 is 0 Å². The summed E-state index contributed by atoms with van der Waals surface area (Å²) in [5.74, 6) is 0. The number of thiophene rings is 1. The van der Waals surface area contributed by atoms with Gasteiger partial charge in [0.25, 0.3) is 0 Å². The lowest BCUT2D eigenvalue weighted by Crippen LogP contribution is -2.22. The number of nitrogens with zero attached hydrogens (tertiary/aromatic N) is 1. The minimum absolute atomic E-state index is 1.03. The minimum atomic E-state index is 1.03. The number of fused-ring (bicyclic) bond motifs is 1. The third-order valence-electron chi connectivity index (χ3n) is 3.73. The fourth-order valence-electron chi connectivity index (χ4n) is 2.69. The Morgan fingerprint density at radius 1 is 1.21 bits per heavy atom. The molecule has 2 heterocycles. The SMILES string of the molecule is CCN(Cc1cccs1)Cc1cccc2c1NCC2. The van der Waals surface area contributed by atoms with Crippen LogP contribution in [0, 0.1) is 0 Å². The van der Waals surface area contributed by atoms with Gasteiger partial charge in [0.05, 0.1) is 0 Å². The standard InChI is InChI=1S/C16H20N2S/c1-2-18(12-15-7-4-10-19-15)11-14-6-3-5-13-8-9-17-16(13)14/h3-7,10,17H,2,8-9,11-12H2,1H3. The van der Waals surface area contributed by atoms with Gasteiger partial charge in [-0.15, -0.1) is 11.3 Å². The molecule has 0 saturated heterocycles. The molecule has 1 aliphatic heterocycles. The van der Waals surface area contributed by atoms with E-state index in [-0.39, 0.29) is 0 Å². The molecule has 0 bridgehead atoms. The van der Waals surface area contributed by atoms with Crippen molar-refractivity contribution >= 4 is 17.0 Å². The van der Waals surface area contributed by atoms with Crippen molar-refractivity contribution in [1.82, 2.24) is 4.90 Å². The van der Waals surface area contributed by atoms with Crippen LogP contribution in [0.1, 0.15) is 22.9 Å². The molecule has 1 aromatic carbocycles. The monoisotopic (exact) mass is 272 g/mol. The van der Waals surface area contributed by atoms with E-state index in [9.17, 15) is 0 Å². The van der Waals surface area contributed by atoms with Gasteiger partial charge in [0, 0.05) is 30.2 Å². The molecule has 1 N–H and O–H groups in total. The van der Waals surface area contributed by atoms with Crippen LogP contribution in [0.3, 0.4) is 0 Å². The number of hydrogen-bond acceptors (Lipinski definition) is 3. The molecule has 2 nitrogen and oxygen atoms in total. The van der Waals surface area contributed by atoms with Crippen LogP contribution in [0.4, 0.5) is 5.69 Å². The van der Waals surface area contributed by atoms with Gasteiger partial charge in [-0.25, -0.2) is 0 Å². The second kappa shape index (κ2) is 5.76. The number of nitrogens with one attached hydrogen (secondary N) is 1. The summed E-state index contributed by atoms with van der Waals surface area (Å²) < 4.78 is 0. The molecule has 0 radical (unpaired) electrons. The Kier molecular flexibility index (Phi) is 3.85. The molecule has 0 amide bonds. The van der Waals surface area contributed by atoms with Crippen LogP contribution in [0.25, 0.3) is 0 Å². The summed E-state index contributed by atoms with van der Waals surface area (Å²) in [5.41, 5.74) is 4.30. The van der Waals surface area contributed by atoms with E-state index in [4.69, 9.17) is 0 Å². The predicted molar refractivity (Wildman–Crippen MR) is 82.7 cm³/mol. The fraction of sp³-hybridized carbons (Fsp3) is 0.375. The van der Waals surface area contributed by atoms with E-state index in [0.29, 0.717) is 0 Å². The van der Waals surface area contributed by atoms with Crippen molar-refractivity contribution in [1.29, 1.82) is 0 Å². The predicted octanol–water partition coefficient (Wildman–Crippen LogP) is 3.74. The molecule has 100 valence electrons. The molecular weight excluding hydrogens is 252 g/mol. The van der Waals surface area contributed by atoms with E-state index in [0.717, 1.165) is 26.2 Å². The third kappa shape index (κ3) is 2.82. The highest BCUT2D eigenvalue weighted by atomic mass is 32.1. The summed E-state index contributed by atoms with van der Waals surface area (Å²) in [4.78, 5) is 3.95. The maximum atomic E-state index is 3.53. The smallest absolute Gasteiger partial charge is 0.0419 e. The molecule has 0 unspecified atom stereocenters. The summed E-state index contributed by atoms with van der Waals surface area (Å²) in [6, 6.07) is 11.1. The molecule has 19 heavy (non-hydrogen) atoms. The first-order valence-corrected chi connectivity index (χ1v) is 7.84. The van der Waals surface area contributed by atoms with Gasteiger partial charge in [-0.1, -0.05) is 31.2 Å². The fourth-order valence-corrected chi connectivity index (χ4v) is 3.43. The van der Waals surface area contributed by atoms with E-state index in [2.05, 4.69) is 52.9 Å². The zero-order chi connectivity index (χ0) is 13.1. The molecule has 0 aliphatic carbocycles. The average molecular weight is 272 g/mol. The Morgan fingerprint density at radius 2 is 2.16 bits per heavy atom. The number of benzene rings is 1. The molecule has 0 saturated carbocycles. The number of para-hydroxylation sites is 1. The largest absolute Gasteiger partial charge is 0.384 e. The second-order valence-electron chi connectivity index (χ2n) is 5.01. The number of rotatable bonds is 5. The highest BCUT2D eigenvalue weighted by Gasteiger charge is 2.15. The molecule has 0 atom stereocenters. The van der Waals surface area contributed by atoms with Gasteiger partial charge in [-0.05, 0) is 35.5 Å². The first kappa shape index (κ1) is 12.7. The van der Waals surface area contributed by atoms with Crippen molar-refractivity contribution in [2.75, 3.05) is 18.4 Å². The maximum absolute atomic E-state index is 3.53. The van der Waals surface area contributed by atoms with E-state index >= 15 is 0 Å².